The summed E-state index contributed by atoms with van der Waals surface area (Å²) in [7, 11) is 0. The molecule has 0 fully saturated rings. The first-order chi connectivity index (χ1) is 10.4. The highest BCUT2D eigenvalue weighted by atomic mass is 79.9. The third-order valence-corrected chi connectivity index (χ3v) is 3.56. The molecule has 0 radical (unpaired) electrons. The van der Waals surface area contributed by atoms with Gasteiger partial charge in [-0.25, -0.2) is 4.99 Å². The third kappa shape index (κ3) is 3.15. The van der Waals surface area contributed by atoms with Crippen molar-refractivity contribution in [1.29, 1.82) is 0 Å². The van der Waals surface area contributed by atoms with E-state index >= 15 is 0 Å². The molecule has 0 bridgehead atoms. The Bertz CT molecular complexity index is 716. The monoisotopic (exact) mass is 370 g/mol. The summed E-state index contributed by atoms with van der Waals surface area (Å²) in [5, 5.41) is 0. The Kier molecular flexibility index (Phi) is 3.92. The SMILES string of the molecule is FC(F)(F)c1cc(Br)cc(C2=NC(c3ccccc3)NO2)c1. The lowest BCUT2D eigenvalue weighted by Gasteiger charge is -2.09. The summed E-state index contributed by atoms with van der Waals surface area (Å²) in [4.78, 5) is 9.53. The van der Waals surface area contributed by atoms with Gasteiger partial charge in [-0.2, -0.15) is 13.2 Å². The minimum absolute atomic E-state index is 0.126. The van der Waals surface area contributed by atoms with Crippen molar-refractivity contribution in [2.75, 3.05) is 0 Å². The highest BCUT2D eigenvalue weighted by Crippen LogP contribution is 2.33. The summed E-state index contributed by atoms with van der Waals surface area (Å²) in [6.07, 6.45) is -4.87. The van der Waals surface area contributed by atoms with E-state index in [9.17, 15) is 13.2 Å². The predicted molar refractivity (Wildman–Crippen MR) is 79.1 cm³/mol. The number of hydrogen-bond acceptors (Lipinski definition) is 3. The van der Waals surface area contributed by atoms with Crippen LogP contribution in [0.15, 0.2) is 58.0 Å². The van der Waals surface area contributed by atoms with Gasteiger partial charge in [-0.05, 0) is 23.8 Å². The van der Waals surface area contributed by atoms with Gasteiger partial charge in [0, 0.05) is 10.0 Å². The van der Waals surface area contributed by atoms with Gasteiger partial charge in [-0.1, -0.05) is 46.3 Å². The van der Waals surface area contributed by atoms with Crippen LogP contribution in [-0.2, 0) is 11.0 Å². The van der Waals surface area contributed by atoms with Crippen molar-refractivity contribution in [3.05, 3.63) is 69.7 Å². The van der Waals surface area contributed by atoms with Crippen LogP contribution in [-0.4, -0.2) is 5.90 Å². The van der Waals surface area contributed by atoms with Gasteiger partial charge in [0.05, 0.1) is 5.56 Å². The summed E-state index contributed by atoms with van der Waals surface area (Å²) in [6, 6.07) is 12.8. The Balaban J connectivity index is 1.94. The predicted octanol–water partition coefficient (Wildman–Crippen LogP) is 4.45. The van der Waals surface area contributed by atoms with E-state index in [-0.39, 0.29) is 11.5 Å². The number of hydroxylamine groups is 1. The average Bonchev–Trinajstić information content (AvgIpc) is 2.96. The summed E-state index contributed by atoms with van der Waals surface area (Å²) in [6.45, 7) is 0. The van der Waals surface area contributed by atoms with Crippen LogP contribution in [0, 0.1) is 0 Å². The van der Waals surface area contributed by atoms with Crippen LogP contribution < -0.4 is 5.48 Å². The molecule has 0 aliphatic carbocycles. The van der Waals surface area contributed by atoms with E-state index in [1.807, 2.05) is 30.3 Å². The molecular formula is C15H10BrF3N2O. The number of alkyl halides is 3. The molecular weight excluding hydrogens is 361 g/mol. The average molecular weight is 371 g/mol. The molecule has 7 heteroatoms. The third-order valence-electron chi connectivity index (χ3n) is 3.10. The van der Waals surface area contributed by atoms with E-state index in [0.29, 0.717) is 4.47 Å². The number of aliphatic imine (C=N–C) groups is 1. The van der Waals surface area contributed by atoms with E-state index in [1.54, 1.807) is 0 Å². The highest BCUT2D eigenvalue weighted by molar-refractivity contribution is 9.10. The Morgan fingerprint density at radius 2 is 1.82 bits per heavy atom. The number of benzene rings is 2. The molecule has 0 spiro atoms. The van der Waals surface area contributed by atoms with Crippen molar-refractivity contribution in [2.45, 2.75) is 12.3 Å². The lowest BCUT2D eigenvalue weighted by Crippen LogP contribution is -2.15. The fourth-order valence-electron chi connectivity index (χ4n) is 2.07. The van der Waals surface area contributed by atoms with Crippen molar-refractivity contribution >= 4 is 21.8 Å². The summed E-state index contributed by atoms with van der Waals surface area (Å²) in [5.41, 5.74) is 3.06. The Morgan fingerprint density at radius 1 is 1.09 bits per heavy atom. The first-order valence-corrected chi connectivity index (χ1v) is 7.16. The minimum Gasteiger partial charge on any atom is -0.386 e. The maximum Gasteiger partial charge on any atom is 0.416 e. The Morgan fingerprint density at radius 3 is 2.50 bits per heavy atom. The van der Waals surface area contributed by atoms with Crippen molar-refractivity contribution < 1.29 is 18.0 Å². The lowest BCUT2D eigenvalue weighted by molar-refractivity contribution is -0.137. The smallest absolute Gasteiger partial charge is 0.386 e. The number of nitrogens with one attached hydrogen (secondary N) is 1. The van der Waals surface area contributed by atoms with E-state index in [0.717, 1.165) is 17.7 Å². The largest absolute Gasteiger partial charge is 0.416 e. The second kappa shape index (κ2) is 5.73. The van der Waals surface area contributed by atoms with E-state index < -0.39 is 17.9 Å². The van der Waals surface area contributed by atoms with Gasteiger partial charge < -0.3 is 4.84 Å². The van der Waals surface area contributed by atoms with Gasteiger partial charge in [-0.3, -0.25) is 0 Å². The molecule has 1 heterocycles. The molecule has 1 unspecified atom stereocenters. The standard InChI is InChI=1S/C15H10BrF3N2O/c16-12-7-10(6-11(8-12)15(17,18)19)14-20-13(21-22-14)9-4-2-1-3-5-9/h1-8,13,21H. The van der Waals surface area contributed by atoms with E-state index in [1.165, 1.54) is 6.07 Å². The number of rotatable bonds is 2. The lowest BCUT2D eigenvalue weighted by atomic mass is 10.1. The van der Waals surface area contributed by atoms with Crippen LogP contribution in [0.3, 0.4) is 0 Å². The molecule has 1 atom stereocenters. The van der Waals surface area contributed by atoms with Crippen LogP contribution in [0.25, 0.3) is 0 Å². The maximum atomic E-state index is 12.9. The minimum atomic E-state index is -4.43. The highest BCUT2D eigenvalue weighted by Gasteiger charge is 2.32. The van der Waals surface area contributed by atoms with Gasteiger partial charge >= 0.3 is 6.18 Å². The van der Waals surface area contributed by atoms with Crippen LogP contribution in [0.2, 0.25) is 0 Å². The molecule has 22 heavy (non-hydrogen) atoms. The van der Waals surface area contributed by atoms with Gasteiger partial charge in [0.25, 0.3) is 0 Å². The van der Waals surface area contributed by atoms with E-state index in [2.05, 4.69) is 26.4 Å². The fraction of sp³-hybridized carbons (Fsp3) is 0.133. The maximum absolute atomic E-state index is 12.9. The molecule has 3 rings (SSSR count). The van der Waals surface area contributed by atoms with Crippen LogP contribution in [0.1, 0.15) is 22.9 Å². The molecule has 2 aromatic carbocycles. The fourth-order valence-corrected chi connectivity index (χ4v) is 2.56. The van der Waals surface area contributed by atoms with Crippen molar-refractivity contribution in [1.82, 2.24) is 5.48 Å². The van der Waals surface area contributed by atoms with Crippen LogP contribution >= 0.6 is 15.9 Å². The van der Waals surface area contributed by atoms with Crippen LogP contribution in [0.4, 0.5) is 13.2 Å². The number of halogens is 4. The first kappa shape index (κ1) is 15.1. The summed E-state index contributed by atoms with van der Waals surface area (Å²) >= 11 is 3.08. The van der Waals surface area contributed by atoms with Gasteiger partial charge in [-0.15, -0.1) is 5.48 Å². The first-order valence-electron chi connectivity index (χ1n) is 6.37. The van der Waals surface area contributed by atoms with E-state index in [4.69, 9.17) is 4.84 Å². The molecule has 0 amide bonds. The molecule has 0 saturated heterocycles. The Labute approximate surface area is 132 Å². The van der Waals surface area contributed by atoms with Crippen molar-refractivity contribution in [2.24, 2.45) is 4.99 Å². The molecule has 0 aromatic heterocycles. The molecule has 3 nitrogen and oxygen atoms in total. The second-order valence-electron chi connectivity index (χ2n) is 4.69. The normalized spacial score (nSPS) is 18.0. The molecule has 1 N–H and O–H groups in total. The van der Waals surface area contributed by atoms with Gasteiger partial charge in [0.1, 0.15) is 0 Å². The number of hydrogen-bond donors (Lipinski definition) is 1. The van der Waals surface area contributed by atoms with Crippen LogP contribution in [0.5, 0.6) is 0 Å². The van der Waals surface area contributed by atoms with Crippen molar-refractivity contribution in [3.63, 3.8) is 0 Å². The zero-order valence-corrected chi connectivity index (χ0v) is 12.6. The van der Waals surface area contributed by atoms with Gasteiger partial charge in [0.15, 0.2) is 6.17 Å². The molecule has 0 saturated carbocycles. The second-order valence-corrected chi connectivity index (χ2v) is 5.61. The van der Waals surface area contributed by atoms with Gasteiger partial charge in [0.2, 0.25) is 5.90 Å². The number of nitrogens with zero attached hydrogens (tertiary/aromatic N) is 1. The molecule has 2 aromatic rings. The summed E-state index contributed by atoms with van der Waals surface area (Å²) < 4.78 is 38.9. The quantitative estimate of drug-likeness (QED) is 0.847. The molecule has 114 valence electrons. The Hall–Kier alpha value is -1.86. The molecule has 1 aliphatic heterocycles. The van der Waals surface area contributed by atoms with Crippen molar-refractivity contribution in [3.8, 4) is 0 Å². The topological polar surface area (TPSA) is 33.6 Å². The summed E-state index contributed by atoms with van der Waals surface area (Å²) in [5.74, 6) is 0.126. The zero-order chi connectivity index (χ0) is 15.7. The zero-order valence-electron chi connectivity index (χ0n) is 11.1. The molecule has 1 aliphatic rings.